The maximum Gasteiger partial charge on any atom is 0.390 e. The molecular weight excluding hydrogens is 455 g/mol. The molecule has 0 bridgehead atoms. The summed E-state index contributed by atoms with van der Waals surface area (Å²) in [5.74, 6) is 1.93. The summed E-state index contributed by atoms with van der Waals surface area (Å²) in [6.07, 6.45) is 0.0960. The first-order valence-corrected chi connectivity index (χ1v) is 11.2. The summed E-state index contributed by atoms with van der Waals surface area (Å²) < 4.78 is 41.6. The van der Waals surface area contributed by atoms with Crippen LogP contribution < -0.4 is 4.90 Å². The van der Waals surface area contributed by atoms with Crippen LogP contribution in [0, 0.1) is 6.92 Å². The first kappa shape index (κ1) is 21.5. The van der Waals surface area contributed by atoms with Crippen molar-refractivity contribution in [2.45, 2.75) is 45.3 Å². The Labute approximate surface area is 190 Å². The number of nitrogens with zero attached hydrogens (tertiary/aromatic N) is 8. The van der Waals surface area contributed by atoms with Gasteiger partial charge in [0.25, 0.3) is 0 Å². The summed E-state index contributed by atoms with van der Waals surface area (Å²) in [4.78, 5) is 15.3. The second kappa shape index (κ2) is 7.61. The molecule has 4 aromatic rings. The number of hydrogen-bond donors (Lipinski definition) is 1. The zero-order valence-corrected chi connectivity index (χ0v) is 18.9. The average molecular weight is 476 g/mol. The van der Waals surface area contributed by atoms with E-state index in [-0.39, 0.29) is 6.54 Å². The Kier molecular flexibility index (Phi) is 4.96. The van der Waals surface area contributed by atoms with Crippen LogP contribution in [-0.4, -0.2) is 52.6 Å². The van der Waals surface area contributed by atoms with Crippen molar-refractivity contribution in [3.8, 4) is 27.8 Å². The Balaban J connectivity index is 1.69. The fraction of sp³-hybridized carbons (Fsp3) is 0.400. The maximum absolute atomic E-state index is 13.2. The van der Waals surface area contributed by atoms with Gasteiger partial charge in [0, 0.05) is 18.1 Å². The van der Waals surface area contributed by atoms with Crippen LogP contribution in [0.25, 0.3) is 27.8 Å². The number of H-pyrrole nitrogens is 1. The van der Waals surface area contributed by atoms with Gasteiger partial charge in [-0.15, -0.1) is 21.5 Å². The molecule has 1 aliphatic rings. The quantitative estimate of drug-likeness (QED) is 0.460. The SMILES string of the molecule is CC[C@]1(C)c2nnc(C)n2-c2cnc(-c3cn[nH]c3-c3nccs3)nc2N1CCC(F)(F)F. The zero-order valence-electron chi connectivity index (χ0n) is 18.1. The van der Waals surface area contributed by atoms with Crippen LogP contribution in [0.15, 0.2) is 24.0 Å². The van der Waals surface area contributed by atoms with Crippen LogP contribution in [0.2, 0.25) is 0 Å². The number of aromatic nitrogens is 8. The highest BCUT2D eigenvalue weighted by atomic mass is 32.1. The standard InChI is InChI=1S/C20H20F3N9S/c1-4-19(3)18-30-28-11(2)32(18)13-10-25-15(27-16(13)31(19)7-5-20(21,22)23)12-9-26-29-14(12)17-24-6-8-33-17/h6,8-10H,4-5,7H2,1-3H3,(H,26,29)/t19-/m1/s1. The van der Waals surface area contributed by atoms with Gasteiger partial charge >= 0.3 is 6.18 Å². The molecule has 0 saturated heterocycles. The third-order valence-corrected chi connectivity index (χ3v) is 6.77. The van der Waals surface area contributed by atoms with Gasteiger partial charge in [-0.1, -0.05) is 6.92 Å². The van der Waals surface area contributed by atoms with Crippen molar-refractivity contribution in [2.24, 2.45) is 0 Å². The van der Waals surface area contributed by atoms with E-state index in [0.717, 1.165) is 0 Å². The fourth-order valence-electron chi connectivity index (χ4n) is 4.11. The lowest BCUT2D eigenvalue weighted by Gasteiger charge is -2.45. The Morgan fingerprint density at radius 1 is 1.18 bits per heavy atom. The number of halogens is 3. The van der Waals surface area contributed by atoms with E-state index in [4.69, 9.17) is 4.98 Å². The van der Waals surface area contributed by atoms with Crippen LogP contribution in [0.3, 0.4) is 0 Å². The number of aromatic amines is 1. The predicted octanol–water partition coefficient (Wildman–Crippen LogP) is 4.28. The molecule has 13 heteroatoms. The van der Waals surface area contributed by atoms with Crippen molar-refractivity contribution < 1.29 is 13.2 Å². The lowest BCUT2D eigenvalue weighted by Crippen LogP contribution is -2.50. The molecule has 0 amide bonds. The van der Waals surface area contributed by atoms with E-state index >= 15 is 0 Å². The summed E-state index contributed by atoms with van der Waals surface area (Å²) in [7, 11) is 0. The van der Waals surface area contributed by atoms with Crippen LogP contribution in [0.1, 0.15) is 38.3 Å². The molecule has 1 aliphatic heterocycles. The van der Waals surface area contributed by atoms with Crippen molar-refractivity contribution in [1.82, 2.24) is 39.9 Å². The van der Waals surface area contributed by atoms with E-state index in [1.54, 1.807) is 30.4 Å². The first-order valence-electron chi connectivity index (χ1n) is 10.3. The molecule has 1 atom stereocenters. The molecule has 5 heterocycles. The summed E-state index contributed by atoms with van der Waals surface area (Å²) >= 11 is 1.43. The van der Waals surface area contributed by atoms with Crippen LogP contribution in [0.5, 0.6) is 0 Å². The van der Waals surface area contributed by atoms with Crippen molar-refractivity contribution in [3.63, 3.8) is 0 Å². The molecule has 0 unspecified atom stereocenters. The van der Waals surface area contributed by atoms with Gasteiger partial charge < -0.3 is 4.90 Å². The van der Waals surface area contributed by atoms with E-state index in [0.29, 0.717) is 51.7 Å². The van der Waals surface area contributed by atoms with Crippen LogP contribution in [0.4, 0.5) is 19.0 Å². The lowest BCUT2D eigenvalue weighted by molar-refractivity contribution is -0.133. The summed E-state index contributed by atoms with van der Waals surface area (Å²) in [6.45, 7) is 5.31. The first-order chi connectivity index (χ1) is 15.7. The summed E-state index contributed by atoms with van der Waals surface area (Å²) in [5.41, 5.74) is 0.985. The molecule has 4 aromatic heterocycles. The minimum Gasteiger partial charge on any atom is -0.342 e. The molecule has 33 heavy (non-hydrogen) atoms. The van der Waals surface area contributed by atoms with Gasteiger partial charge in [0.05, 0.1) is 29.9 Å². The number of rotatable bonds is 5. The molecular formula is C20H20F3N9S. The monoisotopic (exact) mass is 475 g/mol. The smallest absolute Gasteiger partial charge is 0.342 e. The normalized spacial score (nSPS) is 17.8. The van der Waals surface area contributed by atoms with Gasteiger partial charge in [0.15, 0.2) is 17.5 Å². The maximum atomic E-state index is 13.2. The number of alkyl halides is 3. The molecule has 1 N–H and O–H groups in total. The van der Waals surface area contributed by atoms with E-state index < -0.39 is 18.1 Å². The van der Waals surface area contributed by atoms with E-state index in [2.05, 4.69) is 30.4 Å². The van der Waals surface area contributed by atoms with Gasteiger partial charge in [0.2, 0.25) is 0 Å². The van der Waals surface area contributed by atoms with Crippen molar-refractivity contribution >= 4 is 17.2 Å². The number of aryl methyl sites for hydroxylation is 1. The van der Waals surface area contributed by atoms with Crippen LogP contribution in [-0.2, 0) is 5.54 Å². The Morgan fingerprint density at radius 3 is 2.70 bits per heavy atom. The topological polar surface area (TPSA) is 101 Å². The third-order valence-electron chi connectivity index (χ3n) is 5.98. The number of fused-ring (bicyclic) bond motifs is 3. The average Bonchev–Trinajstić information content (AvgIpc) is 3.53. The van der Waals surface area contributed by atoms with E-state index in [1.165, 1.54) is 11.3 Å². The van der Waals surface area contributed by atoms with E-state index in [1.807, 2.05) is 23.8 Å². The third kappa shape index (κ3) is 3.46. The number of nitrogens with one attached hydrogen (secondary N) is 1. The molecule has 9 nitrogen and oxygen atoms in total. The number of anilines is 1. The van der Waals surface area contributed by atoms with Crippen molar-refractivity contribution in [1.29, 1.82) is 0 Å². The highest BCUT2D eigenvalue weighted by Crippen LogP contribution is 2.44. The van der Waals surface area contributed by atoms with Gasteiger partial charge in [-0.05, 0) is 20.3 Å². The number of thiazole rings is 1. The van der Waals surface area contributed by atoms with Crippen LogP contribution >= 0.6 is 11.3 Å². The van der Waals surface area contributed by atoms with Gasteiger partial charge in [-0.25, -0.2) is 15.0 Å². The Morgan fingerprint density at radius 2 is 2.00 bits per heavy atom. The molecule has 0 aliphatic carbocycles. The number of hydrogen-bond acceptors (Lipinski definition) is 8. The molecule has 0 fully saturated rings. The lowest BCUT2D eigenvalue weighted by atomic mass is 9.92. The fourth-order valence-corrected chi connectivity index (χ4v) is 4.76. The Hall–Kier alpha value is -3.35. The second-order valence-corrected chi connectivity index (χ2v) is 8.84. The van der Waals surface area contributed by atoms with Gasteiger partial charge in [-0.3, -0.25) is 9.67 Å². The Bertz CT molecular complexity index is 1290. The highest BCUT2D eigenvalue weighted by molar-refractivity contribution is 7.13. The van der Waals surface area contributed by atoms with Crippen molar-refractivity contribution in [2.75, 3.05) is 11.4 Å². The highest BCUT2D eigenvalue weighted by Gasteiger charge is 2.45. The summed E-state index contributed by atoms with van der Waals surface area (Å²) in [5, 5.41) is 18.1. The molecule has 172 valence electrons. The molecule has 0 aromatic carbocycles. The van der Waals surface area contributed by atoms with Crippen molar-refractivity contribution in [3.05, 3.63) is 35.6 Å². The summed E-state index contributed by atoms with van der Waals surface area (Å²) in [6, 6.07) is 0. The van der Waals surface area contributed by atoms with Gasteiger partial charge in [-0.2, -0.15) is 18.3 Å². The largest absolute Gasteiger partial charge is 0.390 e. The molecule has 5 rings (SSSR count). The zero-order chi connectivity index (χ0) is 23.4. The minimum atomic E-state index is -4.31. The van der Waals surface area contributed by atoms with E-state index in [9.17, 15) is 13.2 Å². The minimum absolute atomic E-state index is 0.270. The molecule has 0 radical (unpaired) electrons. The molecule has 0 spiro atoms. The molecule has 0 saturated carbocycles. The van der Waals surface area contributed by atoms with Gasteiger partial charge in [0.1, 0.15) is 22.2 Å². The second-order valence-electron chi connectivity index (χ2n) is 7.95. The predicted molar refractivity (Wildman–Crippen MR) is 116 cm³/mol.